The maximum atomic E-state index is 10.1. The van der Waals surface area contributed by atoms with Crippen molar-refractivity contribution in [1.82, 2.24) is 5.32 Å². The van der Waals surface area contributed by atoms with Gasteiger partial charge in [0.1, 0.15) is 0 Å². The van der Waals surface area contributed by atoms with E-state index in [0.29, 0.717) is 24.9 Å². The zero-order valence-corrected chi connectivity index (χ0v) is 12.0. The minimum Gasteiger partial charge on any atom is -0.504 e. The summed E-state index contributed by atoms with van der Waals surface area (Å²) < 4.78 is 5.41. The second-order valence-corrected chi connectivity index (χ2v) is 5.41. The second kappa shape index (κ2) is 6.80. The van der Waals surface area contributed by atoms with E-state index in [1.54, 1.807) is 0 Å². The zero-order chi connectivity index (χ0) is 13.7. The molecular formula is C16H25NO2. The summed E-state index contributed by atoms with van der Waals surface area (Å²) in [4.78, 5) is 0. The Morgan fingerprint density at radius 3 is 2.79 bits per heavy atom. The Hall–Kier alpha value is -1.22. The molecule has 1 aromatic rings. The van der Waals surface area contributed by atoms with E-state index in [9.17, 15) is 5.11 Å². The molecule has 0 heterocycles. The summed E-state index contributed by atoms with van der Waals surface area (Å²) in [6.07, 6.45) is 5.39. The van der Waals surface area contributed by atoms with Crippen LogP contribution in [-0.4, -0.2) is 17.8 Å². The maximum absolute atomic E-state index is 10.1. The Labute approximate surface area is 116 Å². The lowest BCUT2D eigenvalue weighted by atomic mass is 9.99. The number of para-hydroxylation sites is 1. The van der Waals surface area contributed by atoms with Gasteiger partial charge < -0.3 is 15.2 Å². The molecule has 0 radical (unpaired) electrons. The minimum atomic E-state index is 0.274. The normalized spacial score (nSPS) is 17.6. The SMILES string of the molecule is CCOc1cccc(CN[C@H](C)C2CCCC2)c1O. The Kier molecular flexibility index (Phi) is 5.08. The fourth-order valence-electron chi connectivity index (χ4n) is 2.88. The molecule has 1 atom stereocenters. The number of rotatable bonds is 6. The quantitative estimate of drug-likeness (QED) is 0.826. The fraction of sp³-hybridized carbons (Fsp3) is 0.625. The summed E-state index contributed by atoms with van der Waals surface area (Å²) in [5.41, 5.74) is 0.913. The summed E-state index contributed by atoms with van der Waals surface area (Å²) in [5, 5.41) is 13.7. The molecule has 0 unspecified atom stereocenters. The lowest BCUT2D eigenvalue weighted by Gasteiger charge is -2.21. The first-order chi connectivity index (χ1) is 9.22. The van der Waals surface area contributed by atoms with Gasteiger partial charge in [-0.1, -0.05) is 25.0 Å². The monoisotopic (exact) mass is 263 g/mol. The second-order valence-electron chi connectivity index (χ2n) is 5.41. The van der Waals surface area contributed by atoms with Gasteiger partial charge in [-0.15, -0.1) is 0 Å². The molecule has 3 nitrogen and oxygen atoms in total. The lowest BCUT2D eigenvalue weighted by molar-refractivity contribution is 0.315. The number of phenolic OH excluding ortho intramolecular Hbond substituents is 1. The Bertz CT molecular complexity index is 400. The first kappa shape index (κ1) is 14.2. The maximum Gasteiger partial charge on any atom is 0.162 e. The van der Waals surface area contributed by atoms with Crippen molar-refractivity contribution in [2.45, 2.75) is 52.1 Å². The van der Waals surface area contributed by atoms with Gasteiger partial charge in [0.25, 0.3) is 0 Å². The number of hydrogen-bond donors (Lipinski definition) is 2. The van der Waals surface area contributed by atoms with Crippen LogP contribution in [0.15, 0.2) is 18.2 Å². The molecule has 1 aliphatic carbocycles. The number of aromatic hydroxyl groups is 1. The van der Waals surface area contributed by atoms with Crippen molar-refractivity contribution in [2.24, 2.45) is 5.92 Å². The molecule has 19 heavy (non-hydrogen) atoms. The van der Waals surface area contributed by atoms with Crippen LogP contribution in [-0.2, 0) is 6.54 Å². The van der Waals surface area contributed by atoms with Crippen LogP contribution in [0.1, 0.15) is 45.1 Å². The van der Waals surface area contributed by atoms with Gasteiger partial charge in [-0.25, -0.2) is 0 Å². The van der Waals surface area contributed by atoms with Gasteiger partial charge in [0.05, 0.1) is 6.61 Å². The van der Waals surface area contributed by atoms with Gasteiger partial charge in [0.15, 0.2) is 11.5 Å². The van der Waals surface area contributed by atoms with E-state index >= 15 is 0 Å². The molecule has 0 aliphatic heterocycles. The highest BCUT2D eigenvalue weighted by Crippen LogP contribution is 2.31. The van der Waals surface area contributed by atoms with Gasteiger partial charge in [0.2, 0.25) is 0 Å². The molecule has 106 valence electrons. The largest absolute Gasteiger partial charge is 0.504 e. The van der Waals surface area contributed by atoms with Crippen LogP contribution in [0.5, 0.6) is 11.5 Å². The van der Waals surface area contributed by atoms with Gasteiger partial charge in [-0.05, 0) is 38.7 Å². The van der Waals surface area contributed by atoms with Crippen molar-refractivity contribution in [3.05, 3.63) is 23.8 Å². The van der Waals surface area contributed by atoms with E-state index in [0.717, 1.165) is 11.5 Å². The van der Waals surface area contributed by atoms with Crippen LogP contribution in [0.3, 0.4) is 0 Å². The highest BCUT2D eigenvalue weighted by atomic mass is 16.5. The molecule has 0 aromatic heterocycles. The number of nitrogens with one attached hydrogen (secondary N) is 1. The molecule has 3 heteroatoms. The molecule has 1 aromatic carbocycles. The summed E-state index contributed by atoms with van der Waals surface area (Å²) in [6.45, 7) is 5.44. The fourth-order valence-corrected chi connectivity index (χ4v) is 2.88. The highest BCUT2D eigenvalue weighted by Gasteiger charge is 2.21. The number of ether oxygens (including phenoxy) is 1. The van der Waals surface area contributed by atoms with Crippen LogP contribution in [0.2, 0.25) is 0 Å². The average Bonchev–Trinajstić information content (AvgIpc) is 2.94. The molecule has 1 saturated carbocycles. The van der Waals surface area contributed by atoms with E-state index in [-0.39, 0.29) is 5.75 Å². The van der Waals surface area contributed by atoms with Crippen LogP contribution in [0, 0.1) is 5.92 Å². The predicted molar refractivity (Wildman–Crippen MR) is 77.5 cm³/mol. The van der Waals surface area contributed by atoms with Crippen LogP contribution in [0.25, 0.3) is 0 Å². The molecule has 0 saturated heterocycles. The molecule has 1 aliphatic rings. The standard InChI is InChI=1S/C16H25NO2/c1-3-19-15-10-6-9-14(16(15)18)11-17-12(2)13-7-4-5-8-13/h6,9-10,12-13,17-18H,3-5,7-8,11H2,1-2H3/t12-/m1/s1. The summed E-state index contributed by atoms with van der Waals surface area (Å²) >= 11 is 0. The van der Waals surface area contributed by atoms with Crippen LogP contribution >= 0.6 is 0 Å². The first-order valence-corrected chi connectivity index (χ1v) is 7.39. The molecule has 0 spiro atoms. The van der Waals surface area contributed by atoms with Gasteiger partial charge in [-0.2, -0.15) is 0 Å². The third kappa shape index (κ3) is 3.63. The minimum absolute atomic E-state index is 0.274. The van der Waals surface area contributed by atoms with Gasteiger partial charge in [-0.3, -0.25) is 0 Å². The van der Waals surface area contributed by atoms with Gasteiger partial charge in [0, 0.05) is 18.2 Å². The summed E-state index contributed by atoms with van der Waals surface area (Å²) in [5.74, 6) is 1.64. The van der Waals surface area contributed by atoms with E-state index in [1.165, 1.54) is 25.7 Å². The number of hydrogen-bond acceptors (Lipinski definition) is 3. The molecule has 0 bridgehead atoms. The average molecular weight is 263 g/mol. The Balaban J connectivity index is 1.93. The Morgan fingerprint density at radius 2 is 2.11 bits per heavy atom. The van der Waals surface area contributed by atoms with Crippen molar-refractivity contribution in [3.63, 3.8) is 0 Å². The molecule has 1 fully saturated rings. The smallest absolute Gasteiger partial charge is 0.162 e. The van der Waals surface area contributed by atoms with E-state index in [2.05, 4.69) is 12.2 Å². The first-order valence-electron chi connectivity index (χ1n) is 7.39. The molecular weight excluding hydrogens is 238 g/mol. The van der Waals surface area contributed by atoms with Crippen LogP contribution in [0.4, 0.5) is 0 Å². The van der Waals surface area contributed by atoms with Crippen LogP contribution < -0.4 is 10.1 Å². The molecule has 0 amide bonds. The van der Waals surface area contributed by atoms with E-state index in [4.69, 9.17) is 4.74 Å². The zero-order valence-electron chi connectivity index (χ0n) is 12.0. The summed E-state index contributed by atoms with van der Waals surface area (Å²) in [6, 6.07) is 6.20. The number of benzene rings is 1. The van der Waals surface area contributed by atoms with E-state index in [1.807, 2.05) is 25.1 Å². The third-order valence-electron chi connectivity index (χ3n) is 4.10. The predicted octanol–water partition coefficient (Wildman–Crippen LogP) is 3.46. The topological polar surface area (TPSA) is 41.5 Å². The Morgan fingerprint density at radius 1 is 1.37 bits per heavy atom. The van der Waals surface area contributed by atoms with Crippen molar-refractivity contribution in [1.29, 1.82) is 0 Å². The third-order valence-corrected chi connectivity index (χ3v) is 4.10. The van der Waals surface area contributed by atoms with E-state index < -0.39 is 0 Å². The van der Waals surface area contributed by atoms with Crippen molar-refractivity contribution >= 4 is 0 Å². The number of phenols is 1. The van der Waals surface area contributed by atoms with Crippen molar-refractivity contribution in [2.75, 3.05) is 6.61 Å². The van der Waals surface area contributed by atoms with Crippen molar-refractivity contribution in [3.8, 4) is 11.5 Å². The lowest BCUT2D eigenvalue weighted by Crippen LogP contribution is -2.31. The highest BCUT2D eigenvalue weighted by molar-refractivity contribution is 5.45. The molecule has 2 N–H and O–H groups in total. The summed E-state index contributed by atoms with van der Waals surface area (Å²) in [7, 11) is 0. The van der Waals surface area contributed by atoms with Gasteiger partial charge >= 0.3 is 0 Å². The van der Waals surface area contributed by atoms with Crippen molar-refractivity contribution < 1.29 is 9.84 Å². The molecule has 2 rings (SSSR count).